The van der Waals surface area contributed by atoms with Gasteiger partial charge in [-0.25, -0.2) is 4.98 Å². The van der Waals surface area contributed by atoms with Gasteiger partial charge in [-0.15, -0.1) is 12.4 Å². The second kappa shape index (κ2) is 9.02. The van der Waals surface area contributed by atoms with Crippen LogP contribution in [0, 0.1) is 5.92 Å². The van der Waals surface area contributed by atoms with Gasteiger partial charge in [0.1, 0.15) is 5.82 Å². The Hall–Kier alpha value is -0.620. The van der Waals surface area contributed by atoms with Crippen LogP contribution in [0.2, 0.25) is 0 Å². The topological polar surface area (TPSA) is 42.3 Å². The van der Waals surface area contributed by atoms with Crippen molar-refractivity contribution in [3.8, 4) is 0 Å². The third-order valence-electron chi connectivity index (χ3n) is 5.25. The number of piperazine rings is 1. The van der Waals surface area contributed by atoms with E-state index in [4.69, 9.17) is 4.74 Å². The molecule has 1 aromatic heterocycles. The average molecular weight is 343 g/mol. The van der Waals surface area contributed by atoms with Crippen molar-refractivity contribution in [2.75, 3.05) is 32.8 Å². The highest BCUT2D eigenvalue weighted by Crippen LogP contribution is 2.26. The summed E-state index contributed by atoms with van der Waals surface area (Å²) in [6, 6.07) is 0.362. The number of hydrogen-bond donors (Lipinski definition) is 1. The summed E-state index contributed by atoms with van der Waals surface area (Å²) in [4.78, 5) is 7.06. The Morgan fingerprint density at radius 2 is 2.17 bits per heavy atom. The zero-order chi connectivity index (χ0) is 15.4. The summed E-state index contributed by atoms with van der Waals surface area (Å²) in [5, 5.41) is 3.49. The van der Waals surface area contributed by atoms with Gasteiger partial charge in [-0.2, -0.15) is 0 Å². The third-order valence-corrected chi connectivity index (χ3v) is 5.25. The first kappa shape index (κ1) is 18.7. The van der Waals surface area contributed by atoms with Crippen molar-refractivity contribution < 1.29 is 4.74 Å². The zero-order valence-corrected chi connectivity index (χ0v) is 15.2. The van der Waals surface area contributed by atoms with E-state index in [0.29, 0.717) is 12.1 Å². The Morgan fingerprint density at radius 3 is 2.91 bits per heavy atom. The van der Waals surface area contributed by atoms with Crippen LogP contribution in [0.15, 0.2) is 12.4 Å². The minimum absolute atomic E-state index is 0. The molecule has 0 aromatic carbocycles. The molecule has 6 heteroatoms. The molecular formula is C17H31ClN4O. The van der Waals surface area contributed by atoms with Crippen LogP contribution in [-0.2, 0) is 11.8 Å². The maximum absolute atomic E-state index is 6.20. The molecule has 1 aromatic rings. The highest BCUT2D eigenvalue weighted by atomic mass is 35.5. The van der Waals surface area contributed by atoms with Crippen LogP contribution in [0.4, 0.5) is 0 Å². The molecule has 2 heterocycles. The van der Waals surface area contributed by atoms with Crippen LogP contribution in [0.1, 0.15) is 44.5 Å². The van der Waals surface area contributed by atoms with E-state index in [1.165, 1.54) is 25.7 Å². The van der Waals surface area contributed by atoms with Crippen LogP contribution < -0.4 is 5.32 Å². The molecule has 3 rings (SSSR count). The van der Waals surface area contributed by atoms with Gasteiger partial charge in [0, 0.05) is 45.6 Å². The Kier molecular flexibility index (Phi) is 7.34. The monoisotopic (exact) mass is 342 g/mol. The third kappa shape index (κ3) is 4.69. The quantitative estimate of drug-likeness (QED) is 0.892. The summed E-state index contributed by atoms with van der Waals surface area (Å²) in [6.45, 7) is 7.29. The maximum Gasteiger partial charge on any atom is 0.127 e. The molecule has 1 aliphatic carbocycles. The highest BCUT2D eigenvalue weighted by molar-refractivity contribution is 5.85. The maximum atomic E-state index is 6.20. The molecule has 1 N–H and O–H groups in total. The van der Waals surface area contributed by atoms with E-state index < -0.39 is 0 Å². The van der Waals surface area contributed by atoms with E-state index in [0.717, 1.165) is 44.5 Å². The molecule has 1 saturated carbocycles. The predicted octanol–water partition coefficient (Wildman–Crippen LogP) is 2.38. The largest absolute Gasteiger partial charge is 0.377 e. The fraction of sp³-hybridized carbons (Fsp3) is 0.824. The smallest absolute Gasteiger partial charge is 0.127 e. The van der Waals surface area contributed by atoms with Crippen molar-refractivity contribution in [2.45, 2.75) is 44.8 Å². The van der Waals surface area contributed by atoms with Crippen molar-refractivity contribution in [3.05, 3.63) is 18.2 Å². The van der Waals surface area contributed by atoms with Crippen LogP contribution in [0.3, 0.4) is 0 Å². The lowest BCUT2D eigenvalue weighted by atomic mass is 9.88. The molecule has 5 nitrogen and oxygen atoms in total. The number of aromatic nitrogens is 2. The first-order valence-corrected chi connectivity index (χ1v) is 8.79. The number of rotatable bonds is 5. The predicted molar refractivity (Wildman–Crippen MR) is 95.0 cm³/mol. The number of hydrogen-bond acceptors (Lipinski definition) is 4. The lowest BCUT2D eigenvalue weighted by Gasteiger charge is -2.36. The Labute approximate surface area is 146 Å². The van der Waals surface area contributed by atoms with Crippen LogP contribution in [-0.4, -0.2) is 53.3 Å². The van der Waals surface area contributed by atoms with E-state index in [2.05, 4.69) is 33.7 Å². The van der Waals surface area contributed by atoms with Crippen molar-refractivity contribution >= 4 is 12.4 Å². The summed E-state index contributed by atoms with van der Waals surface area (Å²) in [7, 11) is 2.08. The molecule has 1 saturated heterocycles. The van der Waals surface area contributed by atoms with Gasteiger partial charge in [-0.05, 0) is 18.8 Å². The molecule has 132 valence electrons. The SMILES string of the molecule is CC1CCCCC1OCCN1CCNCC1c1nccn1C.Cl. The lowest BCUT2D eigenvalue weighted by Crippen LogP contribution is -2.48. The summed E-state index contributed by atoms with van der Waals surface area (Å²) >= 11 is 0. The molecule has 3 atom stereocenters. The average Bonchev–Trinajstić information content (AvgIpc) is 2.96. The minimum Gasteiger partial charge on any atom is -0.377 e. The van der Waals surface area contributed by atoms with E-state index in [1.807, 2.05) is 12.4 Å². The van der Waals surface area contributed by atoms with Crippen molar-refractivity contribution in [3.63, 3.8) is 0 Å². The Morgan fingerprint density at radius 1 is 1.35 bits per heavy atom. The van der Waals surface area contributed by atoms with Crippen molar-refractivity contribution in [1.82, 2.24) is 19.8 Å². The summed E-state index contributed by atoms with van der Waals surface area (Å²) in [6.07, 6.45) is 9.67. The minimum atomic E-state index is 0. The first-order valence-electron chi connectivity index (χ1n) is 8.79. The lowest BCUT2D eigenvalue weighted by molar-refractivity contribution is -0.0204. The first-order chi connectivity index (χ1) is 10.8. The van der Waals surface area contributed by atoms with Gasteiger partial charge in [0.25, 0.3) is 0 Å². The molecule has 1 aliphatic heterocycles. The van der Waals surface area contributed by atoms with Gasteiger partial charge >= 0.3 is 0 Å². The van der Waals surface area contributed by atoms with Crippen molar-refractivity contribution in [1.29, 1.82) is 0 Å². The summed E-state index contributed by atoms with van der Waals surface area (Å²) < 4.78 is 8.34. The van der Waals surface area contributed by atoms with E-state index >= 15 is 0 Å². The molecular weight excluding hydrogens is 312 g/mol. The number of halogens is 1. The second-order valence-electron chi connectivity index (χ2n) is 6.82. The number of imidazole rings is 1. The fourth-order valence-corrected chi connectivity index (χ4v) is 3.82. The molecule has 3 unspecified atom stereocenters. The summed E-state index contributed by atoms with van der Waals surface area (Å²) in [5.41, 5.74) is 0. The molecule has 0 spiro atoms. The van der Waals surface area contributed by atoms with Crippen molar-refractivity contribution in [2.24, 2.45) is 13.0 Å². The second-order valence-corrected chi connectivity index (χ2v) is 6.82. The number of aryl methyl sites for hydroxylation is 1. The van der Waals surface area contributed by atoms with Crippen LogP contribution >= 0.6 is 12.4 Å². The van der Waals surface area contributed by atoms with E-state index in [1.54, 1.807) is 0 Å². The van der Waals surface area contributed by atoms with Crippen LogP contribution in [0.5, 0.6) is 0 Å². The molecule has 23 heavy (non-hydrogen) atoms. The molecule has 0 amide bonds. The van der Waals surface area contributed by atoms with Gasteiger partial charge in [-0.3, -0.25) is 4.90 Å². The fourth-order valence-electron chi connectivity index (χ4n) is 3.82. The summed E-state index contributed by atoms with van der Waals surface area (Å²) in [5.74, 6) is 1.88. The van der Waals surface area contributed by atoms with Crippen LogP contribution in [0.25, 0.3) is 0 Å². The normalized spacial score (nSPS) is 29.2. The molecule has 0 bridgehead atoms. The zero-order valence-electron chi connectivity index (χ0n) is 14.4. The van der Waals surface area contributed by atoms with Gasteiger partial charge in [0.05, 0.1) is 18.8 Å². The van der Waals surface area contributed by atoms with Gasteiger partial charge < -0.3 is 14.6 Å². The standard InChI is InChI=1S/C17H30N4O.ClH/c1-14-5-3-4-6-16(14)22-12-11-21-10-7-18-13-15(21)17-19-8-9-20(17)2;/h8-9,14-16,18H,3-7,10-13H2,1-2H3;1H. The number of ether oxygens (including phenoxy) is 1. The molecule has 2 aliphatic rings. The number of nitrogens with zero attached hydrogens (tertiary/aromatic N) is 3. The Balaban J connectivity index is 0.00000192. The molecule has 2 fully saturated rings. The Bertz CT molecular complexity index is 467. The van der Waals surface area contributed by atoms with E-state index in [9.17, 15) is 0 Å². The number of nitrogens with one attached hydrogen (secondary N) is 1. The van der Waals surface area contributed by atoms with Gasteiger partial charge in [-0.1, -0.05) is 19.8 Å². The van der Waals surface area contributed by atoms with Gasteiger partial charge in [0.15, 0.2) is 0 Å². The van der Waals surface area contributed by atoms with E-state index in [-0.39, 0.29) is 12.4 Å². The highest BCUT2D eigenvalue weighted by Gasteiger charge is 2.27. The van der Waals surface area contributed by atoms with Gasteiger partial charge in [0.2, 0.25) is 0 Å². The molecule has 0 radical (unpaired) electrons.